The van der Waals surface area contributed by atoms with Gasteiger partial charge in [-0.3, -0.25) is 15.0 Å². The predicted octanol–water partition coefficient (Wildman–Crippen LogP) is 3.28. The minimum atomic E-state index is -0.370. The maximum absolute atomic E-state index is 12.1. The number of amidine groups is 1. The van der Waals surface area contributed by atoms with Crippen molar-refractivity contribution in [3.8, 4) is 16.9 Å². The lowest BCUT2D eigenvalue weighted by Crippen LogP contribution is -2.31. The van der Waals surface area contributed by atoms with Crippen LogP contribution in [-0.4, -0.2) is 36.5 Å². The fraction of sp³-hybridized carbons (Fsp3) is 0.348. The predicted molar refractivity (Wildman–Crippen MR) is 122 cm³/mol. The molecule has 1 heterocycles. The van der Waals surface area contributed by atoms with Gasteiger partial charge in [-0.15, -0.1) is 12.4 Å². The van der Waals surface area contributed by atoms with Crippen molar-refractivity contribution >= 4 is 30.1 Å². The minimum Gasteiger partial charge on any atom is -0.491 e. The van der Waals surface area contributed by atoms with Gasteiger partial charge < -0.3 is 20.5 Å². The summed E-state index contributed by atoms with van der Waals surface area (Å²) in [4.78, 5) is 23.9. The van der Waals surface area contributed by atoms with Crippen LogP contribution in [0.4, 0.5) is 0 Å². The molecule has 8 heteroatoms. The number of nitrogens with one attached hydrogen (secondary N) is 2. The Hall–Kier alpha value is -3.06. The second kappa shape index (κ2) is 10.8. The second-order valence-corrected chi connectivity index (χ2v) is 7.71. The number of nitrogens with two attached hydrogens (primary N) is 1. The topological polar surface area (TPSA) is 114 Å². The lowest BCUT2D eigenvalue weighted by Gasteiger charge is -2.13. The molecule has 1 saturated heterocycles. The van der Waals surface area contributed by atoms with Crippen LogP contribution < -0.4 is 15.8 Å². The number of esters is 1. The van der Waals surface area contributed by atoms with Crippen molar-refractivity contribution in [2.75, 3.05) is 6.61 Å². The lowest BCUT2D eigenvalue weighted by atomic mass is 10.0. The average molecular weight is 446 g/mol. The van der Waals surface area contributed by atoms with Gasteiger partial charge in [0, 0.05) is 5.56 Å². The van der Waals surface area contributed by atoms with Crippen LogP contribution in [0.3, 0.4) is 0 Å². The number of hydrogen-bond acceptors (Lipinski definition) is 5. The van der Waals surface area contributed by atoms with Gasteiger partial charge in [0.05, 0.1) is 24.5 Å². The molecule has 2 aromatic rings. The molecule has 2 atom stereocenters. The first kappa shape index (κ1) is 24.2. The van der Waals surface area contributed by atoms with E-state index in [1.54, 1.807) is 13.8 Å². The Kier molecular flexibility index (Phi) is 8.45. The van der Waals surface area contributed by atoms with Crippen LogP contribution in [0.5, 0.6) is 5.75 Å². The Bertz CT molecular complexity index is 913. The number of hydrogen-bond donors (Lipinski definition) is 3. The Balaban J connectivity index is 0.00000341. The summed E-state index contributed by atoms with van der Waals surface area (Å²) >= 11 is 0. The Morgan fingerprint density at radius 3 is 2.26 bits per heavy atom. The molecule has 31 heavy (non-hydrogen) atoms. The fourth-order valence-corrected chi connectivity index (χ4v) is 3.41. The van der Waals surface area contributed by atoms with Gasteiger partial charge in [0.25, 0.3) is 0 Å². The van der Waals surface area contributed by atoms with Gasteiger partial charge in [0.15, 0.2) is 0 Å². The van der Waals surface area contributed by atoms with E-state index in [0.717, 1.165) is 11.1 Å². The summed E-state index contributed by atoms with van der Waals surface area (Å²) < 4.78 is 10.9. The van der Waals surface area contributed by atoms with Crippen molar-refractivity contribution in [2.45, 2.75) is 38.8 Å². The molecular weight excluding hydrogens is 418 g/mol. The highest BCUT2D eigenvalue weighted by Crippen LogP contribution is 2.24. The summed E-state index contributed by atoms with van der Waals surface area (Å²) in [5, 5.41) is 10.3. The van der Waals surface area contributed by atoms with E-state index in [-0.39, 0.29) is 54.6 Å². The lowest BCUT2D eigenvalue weighted by molar-refractivity contribution is -0.149. The van der Waals surface area contributed by atoms with Crippen molar-refractivity contribution in [1.82, 2.24) is 5.32 Å². The normalized spacial score (nSPS) is 17.6. The van der Waals surface area contributed by atoms with E-state index in [0.29, 0.717) is 24.3 Å². The van der Waals surface area contributed by atoms with Crippen LogP contribution >= 0.6 is 12.4 Å². The average Bonchev–Trinajstić information content (AvgIpc) is 3.05. The largest absolute Gasteiger partial charge is 0.491 e. The molecule has 0 spiro atoms. The number of carbonyl (C=O) groups excluding carboxylic acids is 2. The number of carbonyl (C=O) groups is 2. The zero-order chi connectivity index (χ0) is 21.7. The Labute approximate surface area is 188 Å². The minimum absolute atomic E-state index is 0. The molecule has 4 N–H and O–H groups in total. The molecule has 1 aliphatic heterocycles. The number of ether oxygens (including phenoxy) is 2. The van der Waals surface area contributed by atoms with Crippen LogP contribution in [0, 0.1) is 11.3 Å². The van der Waals surface area contributed by atoms with E-state index >= 15 is 0 Å². The first-order valence-electron chi connectivity index (χ1n) is 9.99. The molecule has 3 rings (SSSR count). The van der Waals surface area contributed by atoms with E-state index in [2.05, 4.69) is 5.32 Å². The van der Waals surface area contributed by atoms with Gasteiger partial charge >= 0.3 is 5.97 Å². The molecule has 0 aliphatic carbocycles. The van der Waals surface area contributed by atoms with Crippen LogP contribution in [0.15, 0.2) is 48.5 Å². The zero-order valence-electron chi connectivity index (χ0n) is 17.6. The molecule has 0 saturated carbocycles. The number of nitrogen functional groups attached to an aromatic ring is 1. The monoisotopic (exact) mass is 445 g/mol. The van der Waals surface area contributed by atoms with Gasteiger partial charge in [-0.1, -0.05) is 36.4 Å². The highest BCUT2D eigenvalue weighted by Gasteiger charge is 2.34. The second-order valence-electron chi connectivity index (χ2n) is 7.71. The Morgan fingerprint density at radius 2 is 1.71 bits per heavy atom. The van der Waals surface area contributed by atoms with E-state index in [1.807, 2.05) is 48.5 Å². The third-order valence-corrected chi connectivity index (χ3v) is 4.90. The van der Waals surface area contributed by atoms with Gasteiger partial charge in [0.1, 0.15) is 18.2 Å². The molecule has 0 radical (unpaired) electrons. The van der Waals surface area contributed by atoms with Crippen molar-refractivity contribution in [2.24, 2.45) is 11.7 Å². The number of benzene rings is 2. The standard InChI is InChI=1S/C23H27N3O4.ClH/c1-14(2)30-21(27)12-18-11-19(26-23(18)28)13-29-20-9-7-16(8-10-20)15-3-5-17(6-4-15)22(24)25;/h3-10,14,18-19H,11-13H2,1-2H3,(H3,24,25)(H,26,28);1H/t18-,19-;/m0./s1. The quantitative estimate of drug-likeness (QED) is 0.327. The molecule has 1 amide bonds. The fourth-order valence-electron chi connectivity index (χ4n) is 3.41. The maximum atomic E-state index is 12.1. The SMILES string of the molecule is CC(C)OC(=O)C[C@@H]1C[C@@H](COc2ccc(-c3ccc(C(=N)N)cc3)cc2)NC1=O.Cl. The highest BCUT2D eigenvalue weighted by molar-refractivity contribution is 5.95. The molecule has 1 fully saturated rings. The third kappa shape index (κ3) is 6.72. The van der Waals surface area contributed by atoms with E-state index in [1.165, 1.54) is 0 Å². The molecule has 1 aliphatic rings. The summed E-state index contributed by atoms with van der Waals surface area (Å²) in [7, 11) is 0. The van der Waals surface area contributed by atoms with Gasteiger partial charge in [-0.2, -0.15) is 0 Å². The van der Waals surface area contributed by atoms with Gasteiger partial charge in [0.2, 0.25) is 5.91 Å². The van der Waals surface area contributed by atoms with Crippen LogP contribution in [0.2, 0.25) is 0 Å². The van der Waals surface area contributed by atoms with Crippen molar-refractivity contribution in [3.63, 3.8) is 0 Å². The maximum Gasteiger partial charge on any atom is 0.306 e. The Morgan fingerprint density at radius 1 is 1.13 bits per heavy atom. The third-order valence-electron chi connectivity index (χ3n) is 4.90. The number of rotatable bonds is 8. The van der Waals surface area contributed by atoms with Gasteiger partial charge in [-0.25, -0.2) is 0 Å². The van der Waals surface area contributed by atoms with E-state index in [4.69, 9.17) is 20.6 Å². The number of halogens is 1. The van der Waals surface area contributed by atoms with Crippen molar-refractivity contribution in [3.05, 3.63) is 54.1 Å². The molecular formula is C23H28ClN3O4. The summed E-state index contributed by atoms with van der Waals surface area (Å²) in [5.74, 6) is -0.100. The van der Waals surface area contributed by atoms with Crippen molar-refractivity contribution < 1.29 is 19.1 Å². The summed E-state index contributed by atoms with van der Waals surface area (Å²) in [6.45, 7) is 3.92. The summed E-state index contributed by atoms with van der Waals surface area (Å²) in [5.41, 5.74) is 8.22. The molecule has 0 bridgehead atoms. The van der Waals surface area contributed by atoms with Crippen LogP contribution in [0.1, 0.15) is 32.3 Å². The van der Waals surface area contributed by atoms with E-state index < -0.39 is 0 Å². The molecule has 0 aromatic heterocycles. The summed E-state index contributed by atoms with van der Waals surface area (Å²) in [6, 6.07) is 15.0. The van der Waals surface area contributed by atoms with Crippen molar-refractivity contribution in [1.29, 1.82) is 5.41 Å². The first-order chi connectivity index (χ1) is 14.3. The molecule has 7 nitrogen and oxygen atoms in total. The van der Waals surface area contributed by atoms with Crippen LogP contribution in [-0.2, 0) is 14.3 Å². The molecule has 2 aromatic carbocycles. The van der Waals surface area contributed by atoms with Gasteiger partial charge in [-0.05, 0) is 43.5 Å². The number of amides is 1. The van der Waals surface area contributed by atoms with Crippen LogP contribution in [0.25, 0.3) is 11.1 Å². The first-order valence-corrected chi connectivity index (χ1v) is 9.99. The summed E-state index contributed by atoms with van der Waals surface area (Å²) in [6.07, 6.45) is 0.459. The molecule has 0 unspecified atom stereocenters. The molecule has 166 valence electrons. The highest BCUT2D eigenvalue weighted by atomic mass is 35.5. The van der Waals surface area contributed by atoms with E-state index in [9.17, 15) is 9.59 Å². The smallest absolute Gasteiger partial charge is 0.306 e. The zero-order valence-corrected chi connectivity index (χ0v) is 18.4.